The van der Waals surface area contributed by atoms with Gasteiger partial charge in [-0.1, -0.05) is 42.5 Å². The smallest absolute Gasteiger partial charge is 0.262 e. The molecule has 5 nitrogen and oxygen atoms in total. The van der Waals surface area contributed by atoms with E-state index in [9.17, 15) is 4.79 Å². The number of hydrogen-bond donors (Lipinski definition) is 0. The second-order valence-electron chi connectivity index (χ2n) is 8.53. The van der Waals surface area contributed by atoms with Crippen LogP contribution < -0.4 is 14.4 Å². The average Bonchev–Trinajstić information content (AvgIpc) is 2.85. The third kappa shape index (κ3) is 5.20. The Morgan fingerprint density at radius 2 is 1.58 bits per heavy atom. The highest BCUT2D eigenvalue weighted by Crippen LogP contribution is 2.30. The first-order chi connectivity index (χ1) is 16.1. The second kappa shape index (κ2) is 10.5. The summed E-state index contributed by atoms with van der Waals surface area (Å²) in [5.41, 5.74) is 3.87. The summed E-state index contributed by atoms with van der Waals surface area (Å²) in [6, 6.07) is 24.0. The van der Waals surface area contributed by atoms with E-state index in [1.807, 2.05) is 53.4 Å². The van der Waals surface area contributed by atoms with Gasteiger partial charge >= 0.3 is 0 Å². The number of ether oxygens (including phenoxy) is 2. The van der Waals surface area contributed by atoms with Crippen molar-refractivity contribution in [2.24, 2.45) is 0 Å². The number of likely N-dealkylation sites (tertiary alicyclic amines) is 1. The zero-order chi connectivity index (χ0) is 23.2. The first-order valence-corrected chi connectivity index (χ1v) is 11.5. The number of amides is 1. The van der Waals surface area contributed by atoms with Gasteiger partial charge in [0.15, 0.2) is 0 Å². The van der Waals surface area contributed by atoms with Gasteiger partial charge in [0.25, 0.3) is 5.91 Å². The van der Waals surface area contributed by atoms with Gasteiger partial charge < -0.3 is 14.4 Å². The van der Waals surface area contributed by atoms with Gasteiger partial charge in [-0.3, -0.25) is 9.69 Å². The highest BCUT2D eigenvalue weighted by Gasteiger charge is 2.31. The third-order valence-electron chi connectivity index (χ3n) is 6.34. The summed E-state index contributed by atoms with van der Waals surface area (Å²) >= 11 is 0. The molecular formula is C28H32N2O3. The number of benzene rings is 3. The molecule has 1 saturated heterocycles. The van der Waals surface area contributed by atoms with Crippen LogP contribution in [0.4, 0.5) is 5.69 Å². The van der Waals surface area contributed by atoms with E-state index in [1.165, 1.54) is 5.56 Å². The van der Waals surface area contributed by atoms with Crippen LogP contribution >= 0.6 is 0 Å². The fourth-order valence-electron chi connectivity index (χ4n) is 4.63. The Kier molecular flexibility index (Phi) is 7.30. The summed E-state index contributed by atoms with van der Waals surface area (Å²) in [5, 5.41) is 0. The zero-order valence-electron chi connectivity index (χ0n) is 19.7. The maximum absolute atomic E-state index is 13.8. The van der Waals surface area contributed by atoms with E-state index < -0.39 is 0 Å². The summed E-state index contributed by atoms with van der Waals surface area (Å²) in [7, 11) is 3.33. The molecule has 0 N–H and O–H groups in total. The van der Waals surface area contributed by atoms with Crippen molar-refractivity contribution >= 4 is 11.6 Å². The van der Waals surface area contributed by atoms with E-state index in [1.54, 1.807) is 14.2 Å². The van der Waals surface area contributed by atoms with Crippen LogP contribution in [-0.4, -0.2) is 44.2 Å². The number of aryl methyl sites for hydroxylation is 1. The van der Waals surface area contributed by atoms with Crippen LogP contribution in [0, 0.1) is 6.92 Å². The van der Waals surface area contributed by atoms with Gasteiger partial charge in [-0.15, -0.1) is 0 Å². The fraction of sp³-hybridized carbons (Fsp3) is 0.321. The van der Waals surface area contributed by atoms with Gasteiger partial charge in [0.1, 0.15) is 11.5 Å². The van der Waals surface area contributed by atoms with Crippen LogP contribution in [0.5, 0.6) is 11.5 Å². The lowest BCUT2D eigenvalue weighted by atomic mass is 9.99. The lowest BCUT2D eigenvalue weighted by Gasteiger charge is -2.39. The monoisotopic (exact) mass is 444 g/mol. The molecule has 1 fully saturated rings. The SMILES string of the molecule is COc1ccccc1CN1CCC(N(C(=O)c2ccccc2OC)c2cccc(C)c2)CC1. The number of para-hydroxylation sites is 2. The predicted octanol–water partition coefficient (Wildman–Crippen LogP) is 5.32. The lowest BCUT2D eigenvalue weighted by Crippen LogP contribution is -2.47. The van der Waals surface area contributed by atoms with E-state index in [0.29, 0.717) is 11.3 Å². The van der Waals surface area contributed by atoms with Gasteiger partial charge in [-0.2, -0.15) is 0 Å². The normalized spacial score (nSPS) is 14.6. The molecule has 0 radical (unpaired) electrons. The second-order valence-corrected chi connectivity index (χ2v) is 8.53. The Morgan fingerprint density at radius 3 is 2.27 bits per heavy atom. The fourth-order valence-corrected chi connectivity index (χ4v) is 4.63. The van der Waals surface area contributed by atoms with Crippen LogP contribution in [-0.2, 0) is 6.54 Å². The summed E-state index contributed by atoms with van der Waals surface area (Å²) < 4.78 is 11.0. The summed E-state index contributed by atoms with van der Waals surface area (Å²) in [4.78, 5) is 18.2. The van der Waals surface area contributed by atoms with E-state index in [-0.39, 0.29) is 11.9 Å². The predicted molar refractivity (Wildman–Crippen MR) is 132 cm³/mol. The molecule has 0 atom stereocenters. The molecule has 1 aliphatic rings. The van der Waals surface area contributed by atoms with E-state index in [0.717, 1.165) is 49.5 Å². The van der Waals surface area contributed by atoms with Crippen LogP contribution in [0.3, 0.4) is 0 Å². The van der Waals surface area contributed by atoms with Crippen molar-refractivity contribution in [3.63, 3.8) is 0 Å². The molecule has 1 aliphatic heterocycles. The maximum Gasteiger partial charge on any atom is 0.262 e. The molecule has 3 aromatic rings. The molecule has 0 saturated carbocycles. The first kappa shape index (κ1) is 22.9. The molecule has 0 aliphatic carbocycles. The molecular weight excluding hydrogens is 412 g/mol. The minimum absolute atomic E-state index is 0.0128. The average molecular weight is 445 g/mol. The quantitative estimate of drug-likeness (QED) is 0.494. The van der Waals surface area contributed by atoms with Crippen LogP contribution in [0.15, 0.2) is 72.8 Å². The van der Waals surface area contributed by atoms with Crippen molar-refractivity contribution in [2.45, 2.75) is 32.4 Å². The van der Waals surface area contributed by atoms with Crippen LogP contribution in [0.2, 0.25) is 0 Å². The molecule has 0 bridgehead atoms. The summed E-state index contributed by atoms with van der Waals surface area (Å²) in [6.07, 6.45) is 1.81. The van der Waals surface area contributed by atoms with Gasteiger partial charge in [-0.25, -0.2) is 0 Å². The molecule has 3 aromatic carbocycles. The van der Waals surface area contributed by atoms with Crippen molar-refractivity contribution in [3.8, 4) is 11.5 Å². The van der Waals surface area contributed by atoms with E-state index in [4.69, 9.17) is 9.47 Å². The number of nitrogens with zero attached hydrogens (tertiary/aromatic N) is 2. The van der Waals surface area contributed by atoms with Crippen molar-refractivity contribution in [1.29, 1.82) is 0 Å². The van der Waals surface area contributed by atoms with Gasteiger partial charge in [0.2, 0.25) is 0 Å². The van der Waals surface area contributed by atoms with Crippen molar-refractivity contribution < 1.29 is 14.3 Å². The molecule has 172 valence electrons. The van der Waals surface area contributed by atoms with Crippen molar-refractivity contribution in [2.75, 3.05) is 32.2 Å². The Morgan fingerprint density at radius 1 is 0.909 bits per heavy atom. The van der Waals surface area contributed by atoms with Gasteiger partial charge in [0.05, 0.1) is 19.8 Å². The molecule has 0 aromatic heterocycles. The number of anilines is 1. The van der Waals surface area contributed by atoms with Gasteiger partial charge in [0, 0.05) is 36.9 Å². The van der Waals surface area contributed by atoms with Crippen molar-refractivity contribution in [1.82, 2.24) is 4.90 Å². The Labute approximate surface area is 196 Å². The molecule has 0 spiro atoms. The highest BCUT2D eigenvalue weighted by atomic mass is 16.5. The van der Waals surface area contributed by atoms with Gasteiger partial charge in [-0.05, 0) is 55.7 Å². The first-order valence-electron chi connectivity index (χ1n) is 11.5. The number of carbonyl (C=O) groups is 1. The Bertz CT molecular complexity index is 1090. The maximum atomic E-state index is 13.8. The topological polar surface area (TPSA) is 42.0 Å². The Hall–Kier alpha value is -3.31. The number of piperidine rings is 1. The molecule has 0 unspecified atom stereocenters. The van der Waals surface area contributed by atoms with E-state index >= 15 is 0 Å². The molecule has 33 heavy (non-hydrogen) atoms. The lowest BCUT2D eigenvalue weighted by molar-refractivity contribution is 0.0955. The largest absolute Gasteiger partial charge is 0.496 e. The van der Waals surface area contributed by atoms with Crippen LogP contribution in [0.25, 0.3) is 0 Å². The number of carbonyl (C=O) groups excluding carboxylic acids is 1. The number of methoxy groups -OCH3 is 2. The zero-order valence-corrected chi connectivity index (χ0v) is 19.7. The Balaban J connectivity index is 1.55. The standard InChI is InChI=1S/C28H32N2O3/c1-21-9-8-11-24(19-21)30(28(31)25-12-5-7-14-27(25)33-3)23-15-17-29(18-16-23)20-22-10-4-6-13-26(22)32-2/h4-14,19,23H,15-18,20H2,1-3H3. The molecule has 1 heterocycles. The van der Waals surface area contributed by atoms with Crippen molar-refractivity contribution in [3.05, 3.63) is 89.5 Å². The minimum atomic E-state index is -0.0128. The number of rotatable bonds is 7. The number of hydrogen-bond acceptors (Lipinski definition) is 4. The third-order valence-corrected chi connectivity index (χ3v) is 6.34. The van der Waals surface area contributed by atoms with Crippen LogP contribution in [0.1, 0.15) is 34.3 Å². The molecule has 1 amide bonds. The summed E-state index contributed by atoms with van der Waals surface area (Å²) in [5.74, 6) is 1.52. The summed E-state index contributed by atoms with van der Waals surface area (Å²) in [6.45, 7) is 4.75. The van der Waals surface area contributed by atoms with E-state index in [2.05, 4.69) is 36.1 Å². The minimum Gasteiger partial charge on any atom is -0.496 e. The highest BCUT2D eigenvalue weighted by molar-refractivity contribution is 6.08. The molecule has 5 heteroatoms. The molecule has 4 rings (SSSR count).